The van der Waals surface area contributed by atoms with Gasteiger partial charge in [0.2, 0.25) is 5.95 Å². The molecule has 0 radical (unpaired) electrons. The summed E-state index contributed by atoms with van der Waals surface area (Å²) in [6, 6.07) is 5.72. The third-order valence-corrected chi connectivity index (χ3v) is 2.79. The summed E-state index contributed by atoms with van der Waals surface area (Å²) in [4.78, 5) is 16.2. The number of pyridine rings is 2. The Morgan fingerprint density at radius 2 is 1.70 bits per heavy atom. The standard InChI is InChI=1S/C14H12N6/c15-12-11-7-10(2-1-9-3-5-17-6-4-9)8-18-13(11)20-14(16)19-12/h1-8H,(H4,15,16,18,19,20). The second-order valence-corrected chi connectivity index (χ2v) is 4.22. The molecule has 0 bridgehead atoms. The van der Waals surface area contributed by atoms with Crippen LogP contribution in [0.1, 0.15) is 11.1 Å². The van der Waals surface area contributed by atoms with Gasteiger partial charge in [-0.15, -0.1) is 0 Å². The Morgan fingerprint density at radius 3 is 2.50 bits per heavy atom. The topological polar surface area (TPSA) is 104 Å². The molecule has 3 aromatic rings. The maximum Gasteiger partial charge on any atom is 0.224 e. The molecule has 6 heteroatoms. The van der Waals surface area contributed by atoms with Crippen molar-refractivity contribution in [1.29, 1.82) is 0 Å². The molecule has 0 amide bonds. The monoisotopic (exact) mass is 264 g/mol. The van der Waals surface area contributed by atoms with E-state index in [2.05, 4.69) is 19.9 Å². The number of fused-ring (bicyclic) bond motifs is 1. The first-order valence-corrected chi connectivity index (χ1v) is 5.99. The lowest BCUT2D eigenvalue weighted by Gasteiger charge is -2.02. The van der Waals surface area contributed by atoms with Crippen LogP contribution in [-0.4, -0.2) is 19.9 Å². The minimum atomic E-state index is 0.127. The average molecular weight is 264 g/mol. The fourth-order valence-corrected chi connectivity index (χ4v) is 1.83. The third kappa shape index (κ3) is 2.39. The predicted molar refractivity (Wildman–Crippen MR) is 79.3 cm³/mol. The molecule has 0 aliphatic carbocycles. The fraction of sp³-hybridized carbons (Fsp3) is 0. The molecule has 0 fully saturated rings. The summed E-state index contributed by atoms with van der Waals surface area (Å²) < 4.78 is 0. The number of nitrogens with zero attached hydrogens (tertiary/aromatic N) is 4. The number of nitrogen functional groups attached to an aromatic ring is 2. The zero-order chi connectivity index (χ0) is 13.9. The van der Waals surface area contributed by atoms with Crippen LogP contribution in [0, 0.1) is 0 Å². The van der Waals surface area contributed by atoms with Crippen molar-refractivity contribution in [1.82, 2.24) is 19.9 Å². The van der Waals surface area contributed by atoms with Crippen molar-refractivity contribution < 1.29 is 0 Å². The van der Waals surface area contributed by atoms with Gasteiger partial charge in [-0.3, -0.25) is 4.98 Å². The summed E-state index contributed by atoms with van der Waals surface area (Å²) in [5.41, 5.74) is 13.8. The number of anilines is 2. The van der Waals surface area contributed by atoms with E-state index < -0.39 is 0 Å². The largest absolute Gasteiger partial charge is 0.383 e. The second-order valence-electron chi connectivity index (χ2n) is 4.22. The molecule has 98 valence electrons. The van der Waals surface area contributed by atoms with Gasteiger partial charge in [-0.1, -0.05) is 12.2 Å². The molecule has 0 aliphatic heterocycles. The van der Waals surface area contributed by atoms with E-state index in [9.17, 15) is 0 Å². The van der Waals surface area contributed by atoms with E-state index >= 15 is 0 Å². The van der Waals surface area contributed by atoms with Gasteiger partial charge in [-0.2, -0.15) is 9.97 Å². The lowest BCUT2D eigenvalue weighted by Crippen LogP contribution is -2.01. The van der Waals surface area contributed by atoms with Crippen molar-refractivity contribution in [2.45, 2.75) is 0 Å². The second kappa shape index (κ2) is 4.93. The van der Waals surface area contributed by atoms with Crippen molar-refractivity contribution in [2.75, 3.05) is 11.5 Å². The third-order valence-electron chi connectivity index (χ3n) is 2.79. The Balaban J connectivity index is 1.99. The minimum absolute atomic E-state index is 0.127. The smallest absolute Gasteiger partial charge is 0.224 e. The molecule has 0 aliphatic rings. The van der Waals surface area contributed by atoms with Crippen LogP contribution >= 0.6 is 0 Å². The van der Waals surface area contributed by atoms with Gasteiger partial charge in [0.1, 0.15) is 5.82 Å². The SMILES string of the molecule is Nc1nc(N)c2cc(C=Cc3ccncc3)cnc2n1. The van der Waals surface area contributed by atoms with Crippen LogP contribution in [0.5, 0.6) is 0 Å². The van der Waals surface area contributed by atoms with Gasteiger partial charge in [0.25, 0.3) is 0 Å². The molecule has 6 nitrogen and oxygen atoms in total. The van der Waals surface area contributed by atoms with E-state index in [1.807, 2.05) is 30.4 Å². The van der Waals surface area contributed by atoms with Gasteiger partial charge < -0.3 is 11.5 Å². The molecule has 3 aromatic heterocycles. The summed E-state index contributed by atoms with van der Waals surface area (Å²) in [5.74, 6) is 0.460. The molecule has 4 N–H and O–H groups in total. The van der Waals surface area contributed by atoms with E-state index in [-0.39, 0.29) is 5.95 Å². The van der Waals surface area contributed by atoms with Crippen molar-refractivity contribution >= 4 is 35.0 Å². The van der Waals surface area contributed by atoms with Crippen LogP contribution in [0.3, 0.4) is 0 Å². The molecule has 0 spiro atoms. The first-order valence-electron chi connectivity index (χ1n) is 5.99. The number of hydrogen-bond donors (Lipinski definition) is 2. The van der Waals surface area contributed by atoms with E-state index in [0.29, 0.717) is 16.9 Å². The lowest BCUT2D eigenvalue weighted by atomic mass is 10.1. The quantitative estimate of drug-likeness (QED) is 0.730. The molecule has 0 aromatic carbocycles. The summed E-state index contributed by atoms with van der Waals surface area (Å²) in [6.07, 6.45) is 9.11. The number of nitrogens with two attached hydrogens (primary N) is 2. The molecular formula is C14H12N6. The Labute approximate surface area is 115 Å². The van der Waals surface area contributed by atoms with Crippen molar-refractivity contribution in [3.05, 3.63) is 47.9 Å². The van der Waals surface area contributed by atoms with Crippen molar-refractivity contribution in [2.24, 2.45) is 0 Å². The molecule has 0 atom stereocenters. The van der Waals surface area contributed by atoms with Crippen molar-refractivity contribution in [3.63, 3.8) is 0 Å². The lowest BCUT2D eigenvalue weighted by molar-refractivity contribution is 1.20. The Morgan fingerprint density at radius 1 is 0.950 bits per heavy atom. The molecule has 0 unspecified atom stereocenters. The maximum absolute atomic E-state index is 5.83. The zero-order valence-corrected chi connectivity index (χ0v) is 10.6. The summed E-state index contributed by atoms with van der Waals surface area (Å²) in [5, 5.41) is 0.691. The Hall–Kier alpha value is -3.02. The molecule has 0 saturated carbocycles. The average Bonchev–Trinajstić information content (AvgIpc) is 2.46. The fourth-order valence-electron chi connectivity index (χ4n) is 1.83. The van der Waals surface area contributed by atoms with Gasteiger partial charge in [0.15, 0.2) is 5.65 Å². The number of hydrogen-bond acceptors (Lipinski definition) is 6. The van der Waals surface area contributed by atoms with Crippen LogP contribution in [-0.2, 0) is 0 Å². The Kier molecular flexibility index (Phi) is 2.96. The molecule has 0 saturated heterocycles. The highest BCUT2D eigenvalue weighted by Crippen LogP contribution is 2.19. The first-order chi connectivity index (χ1) is 9.72. The first kappa shape index (κ1) is 12.0. The summed E-state index contributed by atoms with van der Waals surface area (Å²) in [7, 11) is 0. The van der Waals surface area contributed by atoms with Crippen molar-refractivity contribution in [3.8, 4) is 0 Å². The molecule has 3 rings (SSSR count). The molecular weight excluding hydrogens is 252 g/mol. The molecule has 3 heterocycles. The van der Waals surface area contributed by atoms with Gasteiger partial charge in [0, 0.05) is 18.6 Å². The van der Waals surface area contributed by atoms with Crippen LogP contribution < -0.4 is 11.5 Å². The highest BCUT2D eigenvalue weighted by atomic mass is 15.1. The van der Waals surface area contributed by atoms with Crippen LogP contribution in [0.2, 0.25) is 0 Å². The minimum Gasteiger partial charge on any atom is -0.383 e. The number of aromatic nitrogens is 4. The zero-order valence-electron chi connectivity index (χ0n) is 10.6. The summed E-state index contributed by atoms with van der Waals surface area (Å²) >= 11 is 0. The van der Waals surface area contributed by atoms with E-state index in [0.717, 1.165) is 11.1 Å². The highest BCUT2D eigenvalue weighted by molar-refractivity contribution is 5.88. The van der Waals surface area contributed by atoms with E-state index in [1.165, 1.54) is 0 Å². The van der Waals surface area contributed by atoms with E-state index in [4.69, 9.17) is 11.5 Å². The normalized spacial score (nSPS) is 11.2. The molecule has 20 heavy (non-hydrogen) atoms. The van der Waals surface area contributed by atoms with Gasteiger partial charge in [-0.25, -0.2) is 4.98 Å². The highest BCUT2D eigenvalue weighted by Gasteiger charge is 2.04. The predicted octanol–water partition coefficient (Wildman–Crippen LogP) is 1.75. The van der Waals surface area contributed by atoms with Gasteiger partial charge in [-0.05, 0) is 29.3 Å². The van der Waals surface area contributed by atoms with Crippen LogP contribution in [0.15, 0.2) is 36.8 Å². The Bertz CT molecular complexity index is 782. The van der Waals surface area contributed by atoms with Gasteiger partial charge >= 0.3 is 0 Å². The number of rotatable bonds is 2. The van der Waals surface area contributed by atoms with E-state index in [1.54, 1.807) is 18.6 Å². The van der Waals surface area contributed by atoms with Crippen LogP contribution in [0.25, 0.3) is 23.2 Å². The maximum atomic E-state index is 5.83. The summed E-state index contributed by atoms with van der Waals surface area (Å²) in [6.45, 7) is 0. The van der Waals surface area contributed by atoms with Crippen LogP contribution in [0.4, 0.5) is 11.8 Å². The van der Waals surface area contributed by atoms with Gasteiger partial charge in [0.05, 0.1) is 5.39 Å².